The van der Waals surface area contributed by atoms with Gasteiger partial charge in [0.25, 0.3) is 0 Å². The number of fused-ring (bicyclic) bond motifs is 4. The van der Waals surface area contributed by atoms with Crippen molar-refractivity contribution < 1.29 is 0 Å². The number of hydrogen-bond donors (Lipinski definition) is 0. The molecule has 1 aliphatic heterocycles. The Morgan fingerprint density at radius 1 is 0.725 bits per heavy atom. The fourth-order valence-electron chi connectivity index (χ4n) is 5.61. The van der Waals surface area contributed by atoms with Gasteiger partial charge in [-0.2, -0.15) is 0 Å². The zero-order chi connectivity index (χ0) is 27.4. The summed E-state index contributed by atoms with van der Waals surface area (Å²) >= 11 is 1.69. The zero-order valence-corrected chi connectivity index (χ0v) is 24.0. The van der Waals surface area contributed by atoms with Crippen LogP contribution >= 0.6 is 11.8 Å². The standard InChI is InChI=1S/C34H31N5S/c1-34(2,3)23-15-17-35-32(19-23)39-28-10-6-5-9-26(28)27-14-13-25(21-31(27)39)40-33-20-24(16-18-36-33)38-22-37(4)29-11-7-8-12-30(29)38/h5-21H,22H2,1-4H3. The van der Waals surface area contributed by atoms with E-state index in [0.29, 0.717) is 0 Å². The molecule has 0 N–H and O–H groups in total. The van der Waals surface area contributed by atoms with E-state index in [0.717, 1.165) is 39.1 Å². The highest BCUT2D eigenvalue weighted by Gasteiger charge is 2.24. The maximum Gasteiger partial charge on any atom is 0.137 e. The van der Waals surface area contributed by atoms with E-state index in [1.807, 2.05) is 12.4 Å². The molecule has 0 saturated heterocycles. The Labute approximate surface area is 239 Å². The highest BCUT2D eigenvalue weighted by Crippen LogP contribution is 2.41. The molecular formula is C34H31N5S. The van der Waals surface area contributed by atoms with E-state index >= 15 is 0 Å². The first-order valence-electron chi connectivity index (χ1n) is 13.6. The molecule has 6 heteroatoms. The van der Waals surface area contributed by atoms with Crippen molar-refractivity contribution in [3.8, 4) is 5.82 Å². The lowest BCUT2D eigenvalue weighted by Crippen LogP contribution is -2.23. The number of para-hydroxylation sites is 3. The second-order valence-corrected chi connectivity index (χ2v) is 12.5. The molecule has 1 aliphatic rings. The van der Waals surface area contributed by atoms with Gasteiger partial charge >= 0.3 is 0 Å². The fraction of sp³-hybridized carbons (Fsp3) is 0.176. The van der Waals surface area contributed by atoms with Crippen molar-refractivity contribution in [2.45, 2.75) is 36.1 Å². The molecular weight excluding hydrogens is 510 g/mol. The van der Waals surface area contributed by atoms with Gasteiger partial charge in [-0.15, -0.1) is 0 Å². The quantitative estimate of drug-likeness (QED) is 0.223. The molecule has 0 unspecified atom stereocenters. The van der Waals surface area contributed by atoms with Crippen molar-refractivity contribution >= 4 is 50.6 Å². The predicted molar refractivity (Wildman–Crippen MR) is 167 cm³/mol. The number of benzene rings is 3. The van der Waals surface area contributed by atoms with E-state index in [4.69, 9.17) is 9.97 Å². The lowest BCUT2D eigenvalue weighted by molar-refractivity contribution is 0.588. The lowest BCUT2D eigenvalue weighted by Gasteiger charge is -2.20. The number of aromatic nitrogens is 3. The Kier molecular flexibility index (Phi) is 5.82. The van der Waals surface area contributed by atoms with Crippen LogP contribution in [0.25, 0.3) is 27.6 Å². The van der Waals surface area contributed by atoms with E-state index in [-0.39, 0.29) is 5.41 Å². The van der Waals surface area contributed by atoms with E-state index in [1.165, 1.54) is 27.7 Å². The summed E-state index contributed by atoms with van der Waals surface area (Å²) in [4.78, 5) is 15.3. The van der Waals surface area contributed by atoms with Gasteiger partial charge in [-0.05, 0) is 65.6 Å². The van der Waals surface area contributed by atoms with Gasteiger partial charge in [-0.3, -0.25) is 4.57 Å². The molecule has 0 radical (unpaired) electrons. The van der Waals surface area contributed by atoms with Crippen LogP contribution in [0.15, 0.2) is 113 Å². The van der Waals surface area contributed by atoms with Crippen molar-refractivity contribution in [3.05, 3.63) is 109 Å². The van der Waals surface area contributed by atoms with Crippen LogP contribution in [0.1, 0.15) is 26.3 Å². The average Bonchev–Trinajstić information content (AvgIpc) is 3.47. The molecule has 198 valence electrons. The van der Waals surface area contributed by atoms with Crippen LogP contribution in [0, 0.1) is 0 Å². The molecule has 0 bridgehead atoms. The normalized spacial score (nSPS) is 13.4. The van der Waals surface area contributed by atoms with Crippen molar-refractivity contribution in [1.82, 2.24) is 14.5 Å². The minimum absolute atomic E-state index is 0.0405. The van der Waals surface area contributed by atoms with Gasteiger partial charge in [0.1, 0.15) is 10.8 Å². The third kappa shape index (κ3) is 4.20. The van der Waals surface area contributed by atoms with Gasteiger partial charge in [0.2, 0.25) is 0 Å². The summed E-state index contributed by atoms with van der Waals surface area (Å²) in [5.74, 6) is 0.942. The second kappa shape index (κ2) is 9.42. The zero-order valence-electron chi connectivity index (χ0n) is 23.2. The molecule has 4 heterocycles. The first-order valence-corrected chi connectivity index (χ1v) is 14.4. The molecule has 0 saturated carbocycles. The number of nitrogens with zero attached hydrogens (tertiary/aromatic N) is 5. The van der Waals surface area contributed by atoms with E-state index in [2.05, 4.69) is 133 Å². The summed E-state index contributed by atoms with van der Waals surface area (Å²) in [6, 6.07) is 32.5. The molecule has 0 atom stereocenters. The van der Waals surface area contributed by atoms with Crippen LogP contribution in [0.3, 0.4) is 0 Å². The Morgan fingerprint density at radius 2 is 1.48 bits per heavy atom. The Morgan fingerprint density at radius 3 is 2.33 bits per heavy atom. The molecule has 0 aliphatic carbocycles. The molecule has 5 nitrogen and oxygen atoms in total. The van der Waals surface area contributed by atoms with Crippen molar-refractivity contribution in [1.29, 1.82) is 0 Å². The summed E-state index contributed by atoms with van der Waals surface area (Å²) in [6.45, 7) is 7.55. The molecule has 7 rings (SSSR count). The molecule has 40 heavy (non-hydrogen) atoms. The summed E-state index contributed by atoms with van der Waals surface area (Å²) in [6.07, 6.45) is 3.84. The molecule has 3 aromatic heterocycles. The molecule has 0 amide bonds. The van der Waals surface area contributed by atoms with Crippen LogP contribution < -0.4 is 9.80 Å². The van der Waals surface area contributed by atoms with Crippen LogP contribution in [0.2, 0.25) is 0 Å². The number of pyridine rings is 2. The SMILES string of the molecule is CN1CN(c2ccnc(Sc3ccc4c5ccccc5n(-c5cc(C(C)(C)C)ccn5)c4c3)c2)c2ccccc21. The first-order chi connectivity index (χ1) is 19.4. The Bertz CT molecular complexity index is 1880. The maximum atomic E-state index is 4.82. The monoisotopic (exact) mass is 541 g/mol. The van der Waals surface area contributed by atoms with Gasteiger partial charge in [0.15, 0.2) is 0 Å². The van der Waals surface area contributed by atoms with E-state index in [1.54, 1.807) is 11.8 Å². The average molecular weight is 542 g/mol. The minimum atomic E-state index is 0.0405. The Hall–Kier alpha value is -4.29. The van der Waals surface area contributed by atoms with Crippen LogP contribution in [-0.4, -0.2) is 28.3 Å². The lowest BCUT2D eigenvalue weighted by atomic mass is 9.88. The predicted octanol–water partition coefficient (Wildman–Crippen LogP) is 8.57. The highest BCUT2D eigenvalue weighted by molar-refractivity contribution is 7.99. The smallest absolute Gasteiger partial charge is 0.137 e. The van der Waals surface area contributed by atoms with Gasteiger partial charge < -0.3 is 9.80 Å². The molecule has 0 spiro atoms. The third-order valence-corrected chi connectivity index (χ3v) is 8.60. The highest BCUT2D eigenvalue weighted by atomic mass is 32.2. The largest absolute Gasteiger partial charge is 0.355 e. The number of rotatable bonds is 4. The van der Waals surface area contributed by atoms with Crippen LogP contribution in [0.4, 0.5) is 17.1 Å². The summed E-state index contributed by atoms with van der Waals surface area (Å²) in [5, 5.41) is 3.43. The second-order valence-electron chi connectivity index (χ2n) is 11.4. The Balaban J connectivity index is 1.29. The van der Waals surface area contributed by atoms with Gasteiger partial charge in [-0.25, -0.2) is 9.97 Å². The molecule has 3 aromatic carbocycles. The number of anilines is 3. The number of hydrogen-bond acceptors (Lipinski definition) is 5. The summed E-state index contributed by atoms with van der Waals surface area (Å²) < 4.78 is 2.30. The van der Waals surface area contributed by atoms with Crippen LogP contribution in [0.5, 0.6) is 0 Å². The fourth-order valence-corrected chi connectivity index (χ4v) is 6.45. The van der Waals surface area contributed by atoms with Crippen LogP contribution in [-0.2, 0) is 5.41 Å². The maximum absolute atomic E-state index is 4.82. The topological polar surface area (TPSA) is 37.2 Å². The first kappa shape index (κ1) is 24.7. The minimum Gasteiger partial charge on any atom is -0.355 e. The van der Waals surface area contributed by atoms with E-state index < -0.39 is 0 Å². The summed E-state index contributed by atoms with van der Waals surface area (Å²) in [5.41, 5.74) is 7.24. The van der Waals surface area contributed by atoms with Crippen molar-refractivity contribution in [2.24, 2.45) is 0 Å². The van der Waals surface area contributed by atoms with Crippen molar-refractivity contribution in [2.75, 3.05) is 23.5 Å². The molecule has 0 fully saturated rings. The van der Waals surface area contributed by atoms with Gasteiger partial charge in [-0.1, -0.05) is 68.9 Å². The van der Waals surface area contributed by atoms with E-state index in [9.17, 15) is 0 Å². The van der Waals surface area contributed by atoms with Gasteiger partial charge in [0.05, 0.1) is 29.1 Å². The molecule has 6 aromatic rings. The third-order valence-electron chi connectivity index (χ3n) is 7.68. The van der Waals surface area contributed by atoms with Crippen molar-refractivity contribution in [3.63, 3.8) is 0 Å². The van der Waals surface area contributed by atoms with Gasteiger partial charge in [0, 0.05) is 40.8 Å². The summed E-state index contributed by atoms with van der Waals surface area (Å²) in [7, 11) is 2.13.